The van der Waals surface area contributed by atoms with Crippen molar-refractivity contribution in [2.45, 2.75) is 0 Å². The maximum Gasteiger partial charge on any atom is 0.0931 e. The lowest BCUT2D eigenvalue weighted by atomic mass is 10.2. The van der Waals surface area contributed by atoms with E-state index in [-0.39, 0.29) is 34.7 Å². The number of anilines is 1. The normalized spacial score (nSPS) is 17.8. The van der Waals surface area contributed by atoms with Crippen LogP contribution < -0.4 is 5.73 Å². The molecular weight excluding hydrogens is 136 g/mol. The Morgan fingerprint density at radius 1 is 1.27 bits per heavy atom. The first-order valence-corrected chi connectivity index (χ1v) is 2.99. The summed E-state index contributed by atoms with van der Waals surface area (Å²) in [5.74, 6) is 0. The zero-order valence-electron chi connectivity index (χ0n) is 11.5. The zero-order valence-corrected chi connectivity index (χ0v) is 5.52. The number of hydrogen-bond donors (Lipinski definition) is 1. The van der Waals surface area contributed by atoms with Gasteiger partial charge in [-0.3, -0.25) is 4.98 Å². The predicted octanol–water partition coefficient (Wildman–Crippen LogP) is 1.82. The van der Waals surface area contributed by atoms with Crippen LogP contribution in [0, 0.1) is 0 Å². The highest BCUT2D eigenvalue weighted by atomic mass is 14.7. The van der Waals surface area contributed by atoms with Gasteiger partial charge in [-0.15, -0.1) is 0 Å². The van der Waals surface area contributed by atoms with Crippen LogP contribution in [-0.2, 0) is 0 Å². The van der Waals surface area contributed by atoms with E-state index in [1.165, 1.54) is 0 Å². The second-order valence-electron chi connectivity index (χ2n) is 1.99. The minimum Gasteiger partial charge on any atom is -0.397 e. The fourth-order valence-electron chi connectivity index (χ4n) is 0.795. The number of para-hydroxylation sites is 1. The lowest BCUT2D eigenvalue weighted by Gasteiger charge is -1.97. The molecule has 0 aliphatic rings. The average molecular weight is 150 g/mol. The average Bonchev–Trinajstić information content (AvgIpc) is 2.30. The molecule has 0 saturated heterocycles. The zero-order chi connectivity index (χ0) is 12.9. The lowest BCUT2D eigenvalue weighted by Crippen LogP contribution is -1.87. The number of nitrogens with two attached hydrogens (primary N) is 1. The number of benzene rings is 1. The summed E-state index contributed by atoms with van der Waals surface area (Å²) >= 11 is 0. The van der Waals surface area contributed by atoms with E-state index < -0.39 is 18.3 Å². The largest absolute Gasteiger partial charge is 0.397 e. The van der Waals surface area contributed by atoms with Crippen LogP contribution in [0.15, 0.2) is 36.4 Å². The van der Waals surface area contributed by atoms with Gasteiger partial charge < -0.3 is 5.73 Å². The molecule has 54 valence electrons. The van der Waals surface area contributed by atoms with Crippen LogP contribution in [0.5, 0.6) is 0 Å². The number of hydrogen-bond acceptors (Lipinski definition) is 2. The molecule has 0 aliphatic heterocycles. The molecular formula is C9H8N2. The van der Waals surface area contributed by atoms with Crippen molar-refractivity contribution in [1.82, 2.24) is 4.98 Å². The van der Waals surface area contributed by atoms with Gasteiger partial charge in [0.2, 0.25) is 0 Å². The van der Waals surface area contributed by atoms with Crippen LogP contribution in [0.2, 0.25) is 0 Å². The molecule has 2 heteroatoms. The molecule has 1 aromatic heterocycles. The van der Waals surface area contributed by atoms with Crippen LogP contribution in [0.1, 0.15) is 8.22 Å². The SMILES string of the molecule is [2H]c1nc2c(N)c([2H])c([2H])c([2H])c2c([2H])c1[2H]. The molecule has 2 nitrogen and oxygen atoms in total. The van der Waals surface area contributed by atoms with Crippen LogP contribution in [0.4, 0.5) is 5.69 Å². The summed E-state index contributed by atoms with van der Waals surface area (Å²) in [5.41, 5.74) is 5.43. The highest BCUT2D eigenvalue weighted by Crippen LogP contribution is 2.16. The summed E-state index contributed by atoms with van der Waals surface area (Å²) in [4.78, 5) is 3.71. The quantitative estimate of drug-likeness (QED) is 0.582. The first kappa shape index (κ1) is 2.48. The molecule has 11 heavy (non-hydrogen) atoms. The summed E-state index contributed by atoms with van der Waals surface area (Å²) in [7, 11) is 0. The Balaban J connectivity index is 3.12. The van der Waals surface area contributed by atoms with Crippen LogP contribution >= 0.6 is 0 Å². The van der Waals surface area contributed by atoms with E-state index in [2.05, 4.69) is 4.98 Å². The van der Waals surface area contributed by atoms with Crippen molar-refractivity contribution >= 4 is 16.6 Å². The summed E-state index contributed by atoms with van der Waals surface area (Å²) in [5, 5.41) is -0.0514. The van der Waals surface area contributed by atoms with Crippen LogP contribution in [-0.4, -0.2) is 4.98 Å². The van der Waals surface area contributed by atoms with Gasteiger partial charge in [0.05, 0.1) is 19.4 Å². The fraction of sp³-hybridized carbons (Fsp3) is 0. The molecule has 0 unspecified atom stereocenters. The smallest absolute Gasteiger partial charge is 0.0931 e. The maximum absolute atomic E-state index is 7.67. The first-order chi connectivity index (χ1) is 7.86. The summed E-state index contributed by atoms with van der Waals surface area (Å²) < 4.78 is 45.2. The number of fused-ring (bicyclic) bond motifs is 1. The van der Waals surface area contributed by atoms with E-state index in [4.69, 9.17) is 14.0 Å². The van der Waals surface area contributed by atoms with Gasteiger partial charge in [0.25, 0.3) is 0 Å². The third kappa shape index (κ3) is 0.923. The third-order valence-electron chi connectivity index (χ3n) is 1.29. The first-order valence-electron chi connectivity index (χ1n) is 5.99. The standard InChI is InChI=1S/C9H8N2/c10-8-5-1-3-7-4-2-6-11-9(7)8/h1-6H,10H2/i1D,2D,3D,4D,5D,6D. The number of aromatic nitrogens is 1. The van der Waals surface area contributed by atoms with Gasteiger partial charge in [-0.2, -0.15) is 0 Å². The van der Waals surface area contributed by atoms with Crippen molar-refractivity contribution < 1.29 is 8.22 Å². The maximum atomic E-state index is 7.67. The van der Waals surface area contributed by atoms with E-state index >= 15 is 0 Å². The molecule has 0 saturated carbocycles. The monoisotopic (exact) mass is 150 g/mol. The Kier molecular flexibility index (Phi) is 0.504. The van der Waals surface area contributed by atoms with E-state index in [0.29, 0.717) is 0 Å². The molecule has 1 aromatic carbocycles. The second-order valence-corrected chi connectivity index (χ2v) is 1.99. The Labute approximate surface area is 73.1 Å². The van der Waals surface area contributed by atoms with Crippen molar-refractivity contribution in [3.05, 3.63) is 36.4 Å². The van der Waals surface area contributed by atoms with Gasteiger partial charge in [0, 0.05) is 11.6 Å². The van der Waals surface area contributed by atoms with Gasteiger partial charge in [-0.05, 0) is 12.1 Å². The van der Waals surface area contributed by atoms with Crippen LogP contribution in [0.3, 0.4) is 0 Å². The Bertz CT molecular complexity index is 631. The highest BCUT2D eigenvalue weighted by Gasteiger charge is 1.94. The number of pyridine rings is 1. The molecule has 0 radical (unpaired) electrons. The minimum atomic E-state index is -0.425. The Hall–Kier alpha value is -1.57. The van der Waals surface area contributed by atoms with E-state index in [9.17, 15) is 0 Å². The molecule has 2 N–H and O–H groups in total. The lowest BCUT2D eigenvalue weighted by molar-refractivity contribution is 1.41. The highest BCUT2D eigenvalue weighted by molar-refractivity contribution is 5.88. The fourth-order valence-corrected chi connectivity index (χ4v) is 0.795. The summed E-state index contributed by atoms with van der Waals surface area (Å²) in [6, 6.07) is -1.87. The number of nitrogen functional groups attached to an aromatic ring is 1. The molecule has 2 rings (SSSR count). The molecule has 0 fully saturated rings. The van der Waals surface area contributed by atoms with Crippen molar-refractivity contribution in [2.24, 2.45) is 0 Å². The molecule has 0 amide bonds. The van der Waals surface area contributed by atoms with Crippen LogP contribution in [0.25, 0.3) is 10.9 Å². The topological polar surface area (TPSA) is 38.9 Å². The second kappa shape index (κ2) is 2.23. The van der Waals surface area contributed by atoms with Crippen molar-refractivity contribution in [2.75, 3.05) is 5.73 Å². The van der Waals surface area contributed by atoms with Crippen molar-refractivity contribution in [3.8, 4) is 0 Å². The van der Waals surface area contributed by atoms with Gasteiger partial charge in [0.15, 0.2) is 0 Å². The molecule has 0 aliphatic carbocycles. The van der Waals surface area contributed by atoms with Crippen molar-refractivity contribution in [3.63, 3.8) is 0 Å². The predicted molar refractivity (Wildman–Crippen MR) is 46.2 cm³/mol. The Morgan fingerprint density at radius 3 is 3.00 bits per heavy atom. The molecule has 2 aromatic rings. The molecule has 1 heterocycles. The molecule has 0 atom stereocenters. The van der Waals surface area contributed by atoms with Gasteiger partial charge in [-0.25, -0.2) is 0 Å². The molecule has 0 bridgehead atoms. The molecule has 0 spiro atoms. The van der Waals surface area contributed by atoms with Gasteiger partial charge >= 0.3 is 0 Å². The van der Waals surface area contributed by atoms with E-state index in [1.807, 2.05) is 0 Å². The number of rotatable bonds is 0. The van der Waals surface area contributed by atoms with E-state index in [1.54, 1.807) is 0 Å². The summed E-state index contributed by atoms with van der Waals surface area (Å²) in [6.45, 7) is 0. The van der Waals surface area contributed by atoms with E-state index in [0.717, 1.165) is 0 Å². The number of nitrogens with zero attached hydrogens (tertiary/aromatic N) is 1. The Morgan fingerprint density at radius 2 is 2.09 bits per heavy atom. The third-order valence-corrected chi connectivity index (χ3v) is 1.29. The minimum absolute atomic E-state index is 0.0259. The van der Waals surface area contributed by atoms with Gasteiger partial charge in [-0.1, -0.05) is 18.1 Å². The van der Waals surface area contributed by atoms with Gasteiger partial charge in [0.1, 0.15) is 0 Å². The summed E-state index contributed by atoms with van der Waals surface area (Å²) in [6.07, 6.45) is -0.425. The van der Waals surface area contributed by atoms with Crippen molar-refractivity contribution in [1.29, 1.82) is 0 Å².